The summed E-state index contributed by atoms with van der Waals surface area (Å²) in [7, 11) is 1.59. The van der Waals surface area contributed by atoms with Crippen LogP contribution in [0.1, 0.15) is 30.8 Å². The van der Waals surface area contributed by atoms with Gasteiger partial charge in [-0.15, -0.1) is 0 Å². The first kappa shape index (κ1) is 22.3. The lowest BCUT2D eigenvalue weighted by molar-refractivity contribution is -0.133. The highest BCUT2D eigenvalue weighted by Crippen LogP contribution is 2.26. The number of rotatable bonds is 7. The molecule has 1 fully saturated rings. The molecule has 1 saturated heterocycles. The van der Waals surface area contributed by atoms with Crippen molar-refractivity contribution in [3.63, 3.8) is 0 Å². The number of amides is 1. The minimum absolute atomic E-state index is 0.00125. The molecule has 0 radical (unpaired) electrons. The molecule has 0 N–H and O–H groups in total. The van der Waals surface area contributed by atoms with Gasteiger partial charge in [-0.25, -0.2) is 0 Å². The van der Waals surface area contributed by atoms with Crippen LogP contribution in [0.4, 0.5) is 0 Å². The molecule has 0 spiro atoms. The minimum atomic E-state index is -0.00125. The molecule has 3 aromatic rings. The number of ether oxygens (including phenoxy) is 1. The van der Waals surface area contributed by atoms with Crippen molar-refractivity contribution >= 4 is 17.5 Å². The van der Waals surface area contributed by atoms with Crippen molar-refractivity contribution < 1.29 is 14.1 Å². The van der Waals surface area contributed by atoms with Gasteiger partial charge in [0.2, 0.25) is 17.6 Å². The second-order valence-corrected chi connectivity index (χ2v) is 8.29. The maximum atomic E-state index is 12.7. The van der Waals surface area contributed by atoms with Crippen LogP contribution < -0.4 is 4.74 Å². The molecule has 168 valence electrons. The normalized spacial score (nSPS) is 15.5. The Balaban J connectivity index is 1.27. The molecule has 1 unspecified atom stereocenters. The number of benzene rings is 2. The van der Waals surface area contributed by atoms with Gasteiger partial charge in [-0.05, 0) is 31.0 Å². The molecule has 1 aliphatic rings. The third-order valence-electron chi connectivity index (χ3n) is 5.89. The van der Waals surface area contributed by atoms with Crippen molar-refractivity contribution in [2.24, 2.45) is 0 Å². The number of methoxy groups -OCH3 is 1. The number of piperazine rings is 1. The Labute approximate surface area is 192 Å². The molecule has 8 heteroatoms. The molecule has 7 nitrogen and oxygen atoms in total. The largest absolute Gasteiger partial charge is 0.495 e. The summed E-state index contributed by atoms with van der Waals surface area (Å²) in [5.74, 6) is 2.00. The second kappa shape index (κ2) is 10.1. The lowest BCUT2D eigenvalue weighted by Gasteiger charge is -2.36. The van der Waals surface area contributed by atoms with E-state index < -0.39 is 0 Å². The first-order valence-electron chi connectivity index (χ1n) is 10.8. The van der Waals surface area contributed by atoms with Crippen LogP contribution in [0.3, 0.4) is 0 Å². The van der Waals surface area contributed by atoms with E-state index in [1.165, 1.54) is 0 Å². The second-order valence-electron chi connectivity index (χ2n) is 7.88. The van der Waals surface area contributed by atoms with E-state index in [1.807, 2.05) is 53.4 Å². The molecule has 1 aromatic heterocycles. The van der Waals surface area contributed by atoms with Gasteiger partial charge in [-0.3, -0.25) is 9.69 Å². The number of halogens is 1. The fourth-order valence-electron chi connectivity index (χ4n) is 3.90. The summed E-state index contributed by atoms with van der Waals surface area (Å²) >= 11 is 6.18. The van der Waals surface area contributed by atoms with E-state index in [0.29, 0.717) is 48.4 Å². The van der Waals surface area contributed by atoms with Crippen molar-refractivity contribution in [1.82, 2.24) is 19.9 Å². The monoisotopic (exact) mass is 454 g/mol. The van der Waals surface area contributed by atoms with Crippen LogP contribution in [0, 0.1) is 0 Å². The Morgan fingerprint density at radius 3 is 2.59 bits per heavy atom. The van der Waals surface area contributed by atoms with Crippen molar-refractivity contribution in [2.75, 3.05) is 33.3 Å². The van der Waals surface area contributed by atoms with Gasteiger partial charge in [-0.2, -0.15) is 4.98 Å². The van der Waals surface area contributed by atoms with E-state index in [2.05, 4.69) is 22.0 Å². The average Bonchev–Trinajstić information content (AvgIpc) is 3.33. The van der Waals surface area contributed by atoms with Crippen LogP contribution in [0.5, 0.6) is 5.75 Å². The summed E-state index contributed by atoms with van der Waals surface area (Å²) < 4.78 is 10.7. The number of carbonyl (C=O) groups excluding carboxylic acids is 1. The number of carbonyl (C=O) groups is 1. The number of aryl methyl sites for hydroxylation is 1. The molecule has 2 heterocycles. The zero-order chi connectivity index (χ0) is 22.5. The van der Waals surface area contributed by atoms with Gasteiger partial charge >= 0.3 is 0 Å². The van der Waals surface area contributed by atoms with Crippen molar-refractivity contribution in [3.8, 4) is 17.1 Å². The zero-order valence-corrected chi connectivity index (χ0v) is 19.1. The van der Waals surface area contributed by atoms with Crippen LogP contribution in [0.2, 0.25) is 5.02 Å². The van der Waals surface area contributed by atoms with E-state index in [9.17, 15) is 4.79 Å². The molecule has 32 heavy (non-hydrogen) atoms. The summed E-state index contributed by atoms with van der Waals surface area (Å²) in [5, 5.41) is 4.69. The summed E-state index contributed by atoms with van der Waals surface area (Å²) in [4.78, 5) is 21.5. The van der Waals surface area contributed by atoms with E-state index in [-0.39, 0.29) is 11.9 Å². The standard InChI is InChI=1S/C24H27ClN4O3/c1-17(24-26-23(27-32-24)19-6-4-3-5-7-19)28-12-14-29(15-13-28)22(30)11-9-18-8-10-21(31-2)20(25)16-18/h3-8,10,16-17H,9,11-15H2,1-2H3. The summed E-state index contributed by atoms with van der Waals surface area (Å²) in [5.41, 5.74) is 1.96. The molecule has 1 aliphatic heterocycles. The molecule has 0 saturated carbocycles. The Morgan fingerprint density at radius 1 is 1.16 bits per heavy atom. The number of aromatic nitrogens is 2. The van der Waals surface area contributed by atoms with E-state index >= 15 is 0 Å². The molecular formula is C24H27ClN4O3. The predicted octanol–water partition coefficient (Wildman–Crippen LogP) is 4.24. The van der Waals surface area contributed by atoms with Gasteiger partial charge in [0, 0.05) is 38.2 Å². The van der Waals surface area contributed by atoms with Crippen LogP contribution in [-0.2, 0) is 11.2 Å². The summed E-state index contributed by atoms with van der Waals surface area (Å²) in [6, 6.07) is 15.4. The van der Waals surface area contributed by atoms with Gasteiger partial charge in [0.15, 0.2) is 0 Å². The van der Waals surface area contributed by atoms with E-state index in [1.54, 1.807) is 7.11 Å². The molecule has 2 aromatic carbocycles. The first-order valence-corrected chi connectivity index (χ1v) is 11.2. The lowest BCUT2D eigenvalue weighted by Crippen LogP contribution is -2.49. The van der Waals surface area contributed by atoms with Gasteiger partial charge in [-0.1, -0.05) is 53.2 Å². The van der Waals surface area contributed by atoms with E-state index in [0.717, 1.165) is 24.2 Å². The van der Waals surface area contributed by atoms with Crippen LogP contribution in [0.15, 0.2) is 53.1 Å². The smallest absolute Gasteiger partial charge is 0.244 e. The van der Waals surface area contributed by atoms with Crippen LogP contribution >= 0.6 is 11.6 Å². The molecule has 0 bridgehead atoms. The highest BCUT2D eigenvalue weighted by Gasteiger charge is 2.27. The average molecular weight is 455 g/mol. The maximum absolute atomic E-state index is 12.7. The Bertz CT molecular complexity index is 1050. The zero-order valence-electron chi connectivity index (χ0n) is 18.3. The summed E-state index contributed by atoms with van der Waals surface area (Å²) in [6.07, 6.45) is 1.12. The number of hydrogen-bond acceptors (Lipinski definition) is 6. The molecule has 4 rings (SSSR count). The Hall–Kier alpha value is -2.90. The SMILES string of the molecule is COc1ccc(CCC(=O)N2CCN(C(C)c3nc(-c4ccccc4)no3)CC2)cc1Cl. The third-order valence-corrected chi connectivity index (χ3v) is 6.18. The summed E-state index contributed by atoms with van der Waals surface area (Å²) in [6.45, 7) is 4.97. The maximum Gasteiger partial charge on any atom is 0.244 e. The number of nitrogens with zero attached hydrogens (tertiary/aromatic N) is 4. The van der Waals surface area contributed by atoms with E-state index in [4.69, 9.17) is 20.9 Å². The fourth-order valence-corrected chi connectivity index (χ4v) is 4.18. The third kappa shape index (κ3) is 5.11. The van der Waals surface area contributed by atoms with Crippen LogP contribution in [-0.4, -0.2) is 59.1 Å². The Morgan fingerprint density at radius 2 is 1.91 bits per heavy atom. The highest BCUT2D eigenvalue weighted by atomic mass is 35.5. The van der Waals surface area contributed by atoms with Gasteiger partial charge in [0.1, 0.15) is 5.75 Å². The van der Waals surface area contributed by atoms with Gasteiger partial charge in [0.05, 0.1) is 18.2 Å². The molecule has 1 atom stereocenters. The predicted molar refractivity (Wildman–Crippen MR) is 123 cm³/mol. The van der Waals surface area contributed by atoms with Crippen molar-refractivity contribution in [2.45, 2.75) is 25.8 Å². The van der Waals surface area contributed by atoms with Gasteiger partial charge in [0.25, 0.3) is 0 Å². The molecule has 0 aliphatic carbocycles. The van der Waals surface area contributed by atoms with Gasteiger partial charge < -0.3 is 14.2 Å². The number of hydrogen-bond donors (Lipinski definition) is 0. The van der Waals surface area contributed by atoms with Crippen molar-refractivity contribution in [1.29, 1.82) is 0 Å². The minimum Gasteiger partial charge on any atom is -0.495 e. The quantitative estimate of drug-likeness (QED) is 0.531. The topological polar surface area (TPSA) is 71.7 Å². The molecule has 1 amide bonds. The fraction of sp³-hybridized carbons (Fsp3) is 0.375. The van der Waals surface area contributed by atoms with Crippen molar-refractivity contribution in [3.05, 3.63) is 65.0 Å². The lowest BCUT2D eigenvalue weighted by atomic mass is 10.1. The highest BCUT2D eigenvalue weighted by molar-refractivity contribution is 6.32. The van der Waals surface area contributed by atoms with Crippen LogP contribution in [0.25, 0.3) is 11.4 Å². The molecular weight excluding hydrogens is 428 g/mol. The Kier molecular flexibility index (Phi) is 7.07. The first-order chi connectivity index (χ1) is 15.5.